The number of aromatic nitrogens is 2. The lowest BCUT2D eigenvalue weighted by atomic mass is 9.91. The number of hydrogen-bond donors (Lipinski definition) is 0. The van der Waals surface area contributed by atoms with Crippen molar-refractivity contribution in [3.63, 3.8) is 0 Å². The summed E-state index contributed by atoms with van der Waals surface area (Å²) >= 11 is 0. The van der Waals surface area contributed by atoms with E-state index in [1.54, 1.807) is 12.1 Å². The molecule has 0 unspecified atom stereocenters. The van der Waals surface area contributed by atoms with Gasteiger partial charge in [0.1, 0.15) is 5.75 Å². The molecule has 0 N–H and O–H groups in total. The van der Waals surface area contributed by atoms with Gasteiger partial charge in [0.15, 0.2) is 11.8 Å². The number of esters is 1. The first kappa shape index (κ1) is 37.3. The van der Waals surface area contributed by atoms with E-state index < -0.39 is 17.7 Å². The summed E-state index contributed by atoms with van der Waals surface area (Å²) < 4.78 is 26.2. The van der Waals surface area contributed by atoms with Gasteiger partial charge < -0.3 is 23.8 Å². The summed E-state index contributed by atoms with van der Waals surface area (Å²) in [7, 11) is 1.40. The maximum atomic E-state index is 13.5. The maximum absolute atomic E-state index is 13.5. The van der Waals surface area contributed by atoms with Crippen LogP contribution in [0.1, 0.15) is 71.1 Å². The highest BCUT2D eigenvalue weighted by atomic mass is 16.6. The van der Waals surface area contributed by atoms with Gasteiger partial charge in [-0.2, -0.15) is 5.10 Å². The fraction of sp³-hybridized carbons (Fsp3) is 0.405. The molecule has 1 aliphatic rings. The molecule has 0 saturated carbocycles. The number of carbonyl (C=O) groups is 1. The molecule has 0 aliphatic carbocycles. The Labute approximate surface area is 302 Å². The van der Waals surface area contributed by atoms with E-state index >= 15 is 0 Å². The van der Waals surface area contributed by atoms with Crippen LogP contribution in [0.5, 0.6) is 5.75 Å². The van der Waals surface area contributed by atoms with Crippen LogP contribution >= 0.6 is 0 Å². The van der Waals surface area contributed by atoms with Crippen LogP contribution in [0.2, 0.25) is 0 Å². The van der Waals surface area contributed by atoms with Crippen LogP contribution in [0.4, 0.5) is 11.4 Å². The number of ether oxygens (including phenoxy) is 4. The zero-order chi connectivity index (χ0) is 36.9. The Kier molecular flexibility index (Phi) is 11.4. The molecular weight excluding hydrogens is 640 g/mol. The minimum Gasteiger partial charge on any atom is -0.490 e. The Hall–Kier alpha value is -4.91. The van der Waals surface area contributed by atoms with E-state index in [4.69, 9.17) is 30.6 Å². The zero-order valence-electron chi connectivity index (χ0n) is 31.0. The molecule has 268 valence electrons. The first-order valence-electron chi connectivity index (χ1n) is 17.5. The third-order valence-corrected chi connectivity index (χ3v) is 9.20. The number of fused-ring (bicyclic) bond motifs is 1. The highest BCUT2D eigenvalue weighted by Gasteiger charge is 2.37. The molecule has 0 amide bonds. The average molecular weight is 691 g/mol. The number of rotatable bonds is 13. The number of carbonyl (C=O) groups excluding carboxylic acids is 1. The topological polar surface area (TPSA) is 78.9 Å². The molecule has 9 nitrogen and oxygen atoms in total. The first-order valence-corrected chi connectivity index (χ1v) is 17.5. The summed E-state index contributed by atoms with van der Waals surface area (Å²) in [6, 6.07) is 15.7. The first-order chi connectivity index (χ1) is 24.3. The van der Waals surface area contributed by atoms with E-state index in [-0.39, 0.29) is 11.7 Å². The predicted molar refractivity (Wildman–Crippen MR) is 204 cm³/mol. The molecule has 0 spiro atoms. The lowest BCUT2D eigenvalue weighted by Crippen LogP contribution is -2.45. The lowest BCUT2D eigenvalue weighted by Gasteiger charge is -2.41. The summed E-state index contributed by atoms with van der Waals surface area (Å²) in [5.74, 6) is 0.248. The van der Waals surface area contributed by atoms with E-state index in [0.717, 1.165) is 57.6 Å². The SMILES string of the molecule is [C-]#[N+]c1ccc(O[C@@H](C)CC=C)c(-c2cccc(-c3cc4c(N5CCC(C)(OCC=C)CC5)c([C@H](OC(C)(C)C)C(=O)OC)c(C)cn4n3)c2)c1. The molecule has 2 aromatic carbocycles. The Morgan fingerprint density at radius 1 is 1.10 bits per heavy atom. The van der Waals surface area contributed by atoms with Gasteiger partial charge in [0.05, 0.1) is 54.5 Å². The fourth-order valence-corrected chi connectivity index (χ4v) is 6.61. The number of pyridine rings is 1. The van der Waals surface area contributed by atoms with Crippen molar-refractivity contribution in [3.05, 3.63) is 103 Å². The molecule has 1 fully saturated rings. The summed E-state index contributed by atoms with van der Waals surface area (Å²) in [5.41, 5.74) is 6.43. The Morgan fingerprint density at radius 2 is 1.82 bits per heavy atom. The predicted octanol–water partition coefficient (Wildman–Crippen LogP) is 9.46. The quantitative estimate of drug-likeness (QED) is 0.0786. The Balaban J connectivity index is 1.65. The van der Waals surface area contributed by atoms with E-state index in [1.807, 2.05) is 81.7 Å². The molecule has 5 rings (SSSR count). The average Bonchev–Trinajstić information content (AvgIpc) is 3.53. The van der Waals surface area contributed by atoms with E-state index in [1.165, 1.54) is 7.11 Å². The van der Waals surface area contributed by atoms with Gasteiger partial charge in [-0.05, 0) is 89.8 Å². The Morgan fingerprint density at radius 3 is 2.47 bits per heavy atom. The van der Waals surface area contributed by atoms with E-state index in [0.29, 0.717) is 37.6 Å². The molecule has 2 aromatic heterocycles. The lowest BCUT2D eigenvalue weighted by molar-refractivity contribution is -0.164. The van der Waals surface area contributed by atoms with Gasteiger partial charge >= 0.3 is 5.97 Å². The van der Waals surface area contributed by atoms with Crippen LogP contribution in [-0.4, -0.2) is 59.7 Å². The minimum atomic E-state index is -0.946. The van der Waals surface area contributed by atoms with Crippen LogP contribution in [0.15, 0.2) is 80.0 Å². The Bertz CT molecular complexity index is 1940. The highest BCUT2D eigenvalue weighted by Crippen LogP contribution is 2.42. The second-order valence-corrected chi connectivity index (χ2v) is 14.4. The van der Waals surface area contributed by atoms with Crippen LogP contribution < -0.4 is 9.64 Å². The van der Waals surface area contributed by atoms with Crippen LogP contribution in [0.3, 0.4) is 0 Å². The summed E-state index contributed by atoms with van der Waals surface area (Å²) in [6.45, 7) is 29.2. The number of benzene rings is 2. The third kappa shape index (κ3) is 8.53. The molecular formula is C42H50N4O5. The largest absolute Gasteiger partial charge is 0.490 e. The number of aryl methyl sites for hydroxylation is 1. The summed E-state index contributed by atoms with van der Waals surface area (Å²) in [4.78, 5) is 19.5. The van der Waals surface area contributed by atoms with Crippen molar-refractivity contribution in [1.29, 1.82) is 0 Å². The van der Waals surface area contributed by atoms with Crippen molar-refractivity contribution in [3.8, 4) is 28.1 Å². The van der Waals surface area contributed by atoms with Gasteiger partial charge in [-0.3, -0.25) is 0 Å². The van der Waals surface area contributed by atoms with Crippen molar-refractivity contribution in [1.82, 2.24) is 9.61 Å². The van der Waals surface area contributed by atoms with Crippen molar-refractivity contribution in [2.24, 2.45) is 0 Å². The maximum Gasteiger partial charge on any atom is 0.339 e. The molecule has 2 atom stereocenters. The second kappa shape index (κ2) is 15.5. The molecule has 51 heavy (non-hydrogen) atoms. The number of hydrogen-bond acceptors (Lipinski definition) is 7. The highest BCUT2D eigenvalue weighted by molar-refractivity contribution is 5.88. The third-order valence-electron chi connectivity index (χ3n) is 9.20. The number of anilines is 1. The van der Waals surface area contributed by atoms with Gasteiger partial charge in [-0.25, -0.2) is 14.2 Å². The molecule has 1 saturated heterocycles. The van der Waals surface area contributed by atoms with Gasteiger partial charge in [0, 0.05) is 42.4 Å². The van der Waals surface area contributed by atoms with Crippen molar-refractivity contribution in [2.45, 2.75) is 84.2 Å². The standard InChI is InChI=1S/C42H50N4O5/c1-11-14-29(4)50-36-18-17-32(43-9)25-33(36)30-15-13-16-31(24-30)34-26-35-38(45-21-19-42(8,20-22-45)49-23-12-2)37(28(3)27-46(35)44-34)39(40(47)48-10)51-41(5,6)7/h11-13,15-18,24-27,29,39H,1-2,14,19-23H2,3-8,10H3/t29-,39-/m0/s1. The van der Waals surface area contributed by atoms with E-state index in [2.05, 4.69) is 42.0 Å². The minimum absolute atomic E-state index is 0.0743. The monoisotopic (exact) mass is 690 g/mol. The number of methoxy groups -OCH3 is 1. The molecule has 0 bridgehead atoms. The van der Waals surface area contributed by atoms with Gasteiger partial charge in [-0.1, -0.05) is 36.4 Å². The summed E-state index contributed by atoms with van der Waals surface area (Å²) in [5, 5.41) is 5.08. The molecule has 0 radical (unpaired) electrons. The van der Waals surface area contributed by atoms with Crippen LogP contribution in [0, 0.1) is 13.5 Å². The zero-order valence-corrected chi connectivity index (χ0v) is 31.0. The van der Waals surface area contributed by atoms with Crippen LogP contribution in [-0.2, 0) is 19.0 Å². The second-order valence-electron chi connectivity index (χ2n) is 14.4. The normalized spacial score (nSPS) is 15.5. The number of piperidine rings is 1. The van der Waals surface area contributed by atoms with Crippen molar-refractivity contribution >= 4 is 22.9 Å². The smallest absolute Gasteiger partial charge is 0.339 e. The van der Waals surface area contributed by atoms with Crippen molar-refractivity contribution in [2.75, 3.05) is 31.7 Å². The molecule has 1 aliphatic heterocycles. The molecule has 4 aromatic rings. The van der Waals surface area contributed by atoms with Gasteiger partial charge in [-0.15, -0.1) is 13.2 Å². The molecule has 9 heteroatoms. The van der Waals surface area contributed by atoms with Crippen LogP contribution in [0.25, 0.3) is 32.7 Å². The van der Waals surface area contributed by atoms with Gasteiger partial charge in [0.25, 0.3) is 0 Å². The fourth-order valence-electron chi connectivity index (χ4n) is 6.61. The molecule has 3 heterocycles. The van der Waals surface area contributed by atoms with Gasteiger partial charge in [0.2, 0.25) is 0 Å². The van der Waals surface area contributed by atoms with E-state index in [9.17, 15) is 4.79 Å². The summed E-state index contributed by atoms with van der Waals surface area (Å²) in [6.07, 6.45) is 6.85. The van der Waals surface area contributed by atoms with Crippen molar-refractivity contribution < 1.29 is 23.7 Å². The number of nitrogens with zero attached hydrogens (tertiary/aromatic N) is 4.